The number of cyclic esters (lactones) is 1. The zero-order chi connectivity index (χ0) is 19.0. The molecule has 0 aliphatic carbocycles. The van der Waals surface area contributed by atoms with E-state index in [2.05, 4.69) is 4.72 Å². The minimum atomic E-state index is -3.77. The van der Waals surface area contributed by atoms with Gasteiger partial charge in [-0.1, -0.05) is 12.1 Å². The summed E-state index contributed by atoms with van der Waals surface area (Å²) >= 11 is 0. The molecule has 2 aromatic carbocycles. The highest BCUT2D eigenvalue weighted by Crippen LogP contribution is 2.33. The number of nitrogens with one attached hydrogen (secondary N) is 1. The van der Waals surface area contributed by atoms with Gasteiger partial charge in [0, 0.05) is 18.3 Å². The van der Waals surface area contributed by atoms with Crippen molar-refractivity contribution in [1.29, 1.82) is 0 Å². The molecule has 9 heteroatoms. The average Bonchev–Trinajstić information content (AvgIpc) is 3.25. The van der Waals surface area contributed by atoms with Crippen LogP contribution in [0.25, 0.3) is 0 Å². The SMILES string of the molecule is Cc1cccc(N2CC(CNS(=O)(=O)c3ccc4c(c3)OCO4)OC2=O)c1. The average molecular weight is 390 g/mol. The molecule has 1 N–H and O–H groups in total. The van der Waals surface area contributed by atoms with Crippen LogP contribution in [0.4, 0.5) is 10.5 Å². The van der Waals surface area contributed by atoms with E-state index in [1.54, 1.807) is 6.07 Å². The van der Waals surface area contributed by atoms with E-state index in [0.29, 0.717) is 11.5 Å². The van der Waals surface area contributed by atoms with E-state index in [1.165, 1.54) is 17.0 Å². The number of fused-ring (bicyclic) bond motifs is 1. The van der Waals surface area contributed by atoms with Crippen LogP contribution in [0, 0.1) is 6.92 Å². The molecule has 0 spiro atoms. The molecule has 1 atom stereocenters. The van der Waals surface area contributed by atoms with Crippen molar-refractivity contribution in [3.63, 3.8) is 0 Å². The van der Waals surface area contributed by atoms with Crippen molar-refractivity contribution in [1.82, 2.24) is 4.72 Å². The number of carbonyl (C=O) groups excluding carboxylic acids is 1. The number of carbonyl (C=O) groups is 1. The monoisotopic (exact) mass is 390 g/mol. The van der Waals surface area contributed by atoms with Gasteiger partial charge in [0.1, 0.15) is 6.10 Å². The highest BCUT2D eigenvalue weighted by molar-refractivity contribution is 7.89. The number of rotatable bonds is 5. The Morgan fingerprint density at radius 3 is 2.78 bits per heavy atom. The Balaban J connectivity index is 1.42. The van der Waals surface area contributed by atoms with Gasteiger partial charge in [-0.25, -0.2) is 17.9 Å². The van der Waals surface area contributed by atoms with Crippen molar-refractivity contribution in [3.8, 4) is 11.5 Å². The highest BCUT2D eigenvalue weighted by atomic mass is 32.2. The van der Waals surface area contributed by atoms with E-state index in [0.717, 1.165) is 11.3 Å². The quantitative estimate of drug-likeness (QED) is 0.840. The maximum absolute atomic E-state index is 12.5. The molecule has 1 fully saturated rings. The van der Waals surface area contributed by atoms with Gasteiger partial charge in [-0.15, -0.1) is 0 Å². The maximum atomic E-state index is 12.5. The number of hydrogen-bond donors (Lipinski definition) is 1. The molecule has 1 saturated heterocycles. The predicted molar refractivity (Wildman–Crippen MR) is 96.5 cm³/mol. The molecule has 1 amide bonds. The van der Waals surface area contributed by atoms with Gasteiger partial charge in [-0.05, 0) is 36.8 Å². The summed E-state index contributed by atoms with van der Waals surface area (Å²) < 4.78 is 43.2. The number of amides is 1. The number of sulfonamides is 1. The molecular formula is C18H18N2O6S. The van der Waals surface area contributed by atoms with Crippen molar-refractivity contribution >= 4 is 21.8 Å². The Hall–Kier alpha value is -2.78. The summed E-state index contributed by atoms with van der Waals surface area (Å²) in [7, 11) is -3.77. The molecule has 0 bridgehead atoms. The lowest BCUT2D eigenvalue weighted by atomic mass is 10.2. The Kier molecular flexibility index (Phi) is 4.40. The summed E-state index contributed by atoms with van der Waals surface area (Å²) in [6.45, 7) is 2.25. The van der Waals surface area contributed by atoms with Crippen molar-refractivity contribution < 1.29 is 27.4 Å². The second kappa shape index (κ2) is 6.75. The summed E-state index contributed by atoms with van der Waals surface area (Å²) in [4.78, 5) is 13.7. The van der Waals surface area contributed by atoms with Crippen LogP contribution in [0.15, 0.2) is 47.4 Å². The van der Waals surface area contributed by atoms with Crippen LogP contribution >= 0.6 is 0 Å². The minimum absolute atomic E-state index is 0.0230. The minimum Gasteiger partial charge on any atom is -0.454 e. The lowest BCUT2D eigenvalue weighted by molar-refractivity contribution is 0.143. The van der Waals surface area contributed by atoms with Crippen molar-refractivity contribution in [2.24, 2.45) is 0 Å². The number of ether oxygens (including phenoxy) is 3. The Bertz CT molecular complexity index is 991. The molecule has 2 aliphatic rings. The van der Waals surface area contributed by atoms with Gasteiger partial charge < -0.3 is 14.2 Å². The predicted octanol–water partition coefficient (Wildman–Crippen LogP) is 2.03. The van der Waals surface area contributed by atoms with Gasteiger partial charge in [-0.3, -0.25) is 4.90 Å². The summed E-state index contributed by atoms with van der Waals surface area (Å²) in [5, 5.41) is 0. The van der Waals surface area contributed by atoms with Crippen LogP contribution in [0.5, 0.6) is 11.5 Å². The van der Waals surface area contributed by atoms with Gasteiger partial charge in [0.25, 0.3) is 0 Å². The molecule has 0 radical (unpaired) electrons. The van der Waals surface area contributed by atoms with Gasteiger partial charge in [0.15, 0.2) is 11.5 Å². The molecule has 27 heavy (non-hydrogen) atoms. The molecule has 4 rings (SSSR count). The zero-order valence-corrected chi connectivity index (χ0v) is 15.4. The smallest absolute Gasteiger partial charge is 0.414 e. The molecule has 2 heterocycles. The lowest BCUT2D eigenvalue weighted by Gasteiger charge is -2.13. The Morgan fingerprint density at radius 2 is 1.96 bits per heavy atom. The van der Waals surface area contributed by atoms with Crippen LogP contribution < -0.4 is 19.1 Å². The van der Waals surface area contributed by atoms with E-state index in [-0.39, 0.29) is 24.8 Å². The topological polar surface area (TPSA) is 94.2 Å². The second-order valence-corrected chi connectivity index (χ2v) is 8.09. The van der Waals surface area contributed by atoms with Crippen LogP contribution in [-0.4, -0.2) is 40.5 Å². The maximum Gasteiger partial charge on any atom is 0.414 e. The molecular weight excluding hydrogens is 372 g/mol. The standard InChI is InChI=1S/C18H18N2O6S/c1-12-3-2-4-13(7-12)20-10-14(26-18(20)21)9-19-27(22,23)15-5-6-16-17(8-15)25-11-24-16/h2-8,14,19H,9-11H2,1H3. The first-order valence-electron chi connectivity index (χ1n) is 8.36. The number of anilines is 1. The molecule has 2 aliphatic heterocycles. The lowest BCUT2D eigenvalue weighted by Crippen LogP contribution is -2.34. The fourth-order valence-electron chi connectivity index (χ4n) is 2.96. The van der Waals surface area contributed by atoms with Gasteiger partial charge in [-0.2, -0.15) is 0 Å². The molecule has 8 nitrogen and oxygen atoms in total. The van der Waals surface area contributed by atoms with Gasteiger partial charge in [0.05, 0.1) is 11.4 Å². The third-order valence-corrected chi connectivity index (χ3v) is 5.76. The number of aryl methyl sites for hydroxylation is 1. The number of benzene rings is 2. The fourth-order valence-corrected chi connectivity index (χ4v) is 4.05. The van der Waals surface area contributed by atoms with Gasteiger partial charge >= 0.3 is 6.09 Å². The van der Waals surface area contributed by atoms with E-state index >= 15 is 0 Å². The van der Waals surface area contributed by atoms with E-state index in [4.69, 9.17) is 14.2 Å². The van der Waals surface area contributed by atoms with Gasteiger partial charge in [0.2, 0.25) is 16.8 Å². The summed E-state index contributed by atoms with van der Waals surface area (Å²) in [6.07, 6.45) is -1.07. The number of hydrogen-bond acceptors (Lipinski definition) is 6. The molecule has 142 valence electrons. The zero-order valence-electron chi connectivity index (χ0n) is 14.5. The molecule has 0 saturated carbocycles. The van der Waals surface area contributed by atoms with Crippen molar-refractivity contribution in [2.45, 2.75) is 17.9 Å². The van der Waals surface area contributed by atoms with Crippen LogP contribution in [0.3, 0.4) is 0 Å². The normalized spacial score (nSPS) is 18.6. The van der Waals surface area contributed by atoms with E-state index in [1.807, 2.05) is 31.2 Å². The molecule has 2 aromatic rings. The van der Waals surface area contributed by atoms with Crippen molar-refractivity contribution in [2.75, 3.05) is 24.8 Å². The summed E-state index contributed by atoms with van der Waals surface area (Å²) in [5.74, 6) is 0.892. The Labute approximate surface area is 156 Å². The van der Waals surface area contributed by atoms with E-state index < -0.39 is 22.2 Å². The highest BCUT2D eigenvalue weighted by Gasteiger charge is 2.33. The summed E-state index contributed by atoms with van der Waals surface area (Å²) in [6, 6.07) is 11.9. The Morgan fingerprint density at radius 1 is 1.15 bits per heavy atom. The van der Waals surface area contributed by atoms with Crippen molar-refractivity contribution in [3.05, 3.63) is 48.0 Å². The first-order valence-corrected chi connectivity index (χ1v) is 9.85. The summed E-state index contributed by atoms with van der Waals surface area (Å²) in [5.41, 5.74) is 1.74. The third kappa shape index (κ3) is 3.56. The number of nitrogens with zero attached hydrogens (tertiary/aromatic N) is 1. The van der Waals surface area contributed by atoms with Crippen LogP contribution in [0.2, 0.25) is 0 Å². The first-order chi connectivity index (χ1) is 12.9. The molecule has 1 unspecified atom stereocenters. The first kappa shape index (κ1) is 17.6. The largest absolute Gasteiger partial charge is 0.454 e. The fraction of sp³-hybridized carbons (Fsp3) is 0.278. The third-order valence-electron chi connectivity index (χ3n) is 4.34. The second-order valence-electron chi connectivity index (χ2n) is 6.32. The molecule has 0 aromatic heterocycles. The van der Waals surface area contributed by atoms with Crippen LogP contribution in [-0.2, 0) is 14.8 Å². The van der Waals surface area contributed by atoms with E-state index in [9.17, 15) is 13.2 Å². The van der Waals surface area contributed by atoms with Crippen LogP contribution in [0.1, 0.15) is 5.56 Å².